The van der Waals surface area contributed by atoms with Gasteiger partial charge in [0.1, 0.15) is 30.0 Å². The minimum atomic E-state index is 0.788. The third kappa shape index (κ3) is 9.46. The van der Waals surface area contributed by atoms with Crippen LogP contribution in [0.15, 0.2) is 134 Å². The van der Waals surface area contributed by atoms with E-state index in [0.29, 0.717) is 0 Å². The normalized spacial score (nSPS) is 9.78. The molecule has 0 spiro atoms. The van der Waals surface area contributed by atoms with Crippen LogP contribution in [0.3, 0.4) is 0 Å². The van der Waals surface area contributed by atoms with Crippen molar-refractivity contribution in [3.8, 4) is 0 Å². The van der Waals surface area contributed by atoms with Crippen LogP contribution in [0, 0.1) is 0 Å². The number of nitrogen functional groups attached to an aromatic ring is 1. The molecule has 0 aliphatic heterocycles. The summed E-state index contributed by atoms with van der Waals surface area (Å²) >= 11 is 13.3. The van der Waals surface area contributed by atoms with Crippen molar-refractivity contribution in [3.05, 3.63) is 134 Å². The van der Waals surface area contributed by atoms with Crippen molar-refractivity contribution in [2.45, 2.75) is 0 Å². The topological polar surface area (TPSA) is 67.9 Å². The number of halogens is 4. The Labute approximate surface area is 244 Å². The molecule has 0 radical (unpaired) electrons. The molecule has 3 aromatic heterocycles. The van der Waals surface area contributed by atoms with Gasteiger partial charge in [-0.2, -0.15) is 0 Å². The van der Waals surface area contributed by atoms with Crippen LogP contribution in [0.1, 0.15) is 0 Å². The summed E-state index contributed by atoms with van der Waals surface area (Å²) < 4.78 is 3.28. The van der Waals surface area contributed by atoms with Gasteiger partial charge in [0.2, 0.25) is 0 Å². The summed E-state index contributed by atoms with van der Waals surface area (Å²) in [5.41, 5.74) is 7.19. The fourth-order valence-corrected chi connectivity index (χ4v) is 4.43. The molecule has 2 aromatic carbocycles. The second-order valence-corrected chi connectivity index (χ2v) is 10.3. The van der Waals surface area contributed by atoms with Crippen molar-refractivity contribution in [1.82, 2.24) is 15.0 Å². The highest BCUT2D eigenvalue weighted by Crippen LogP contribution is 2.32. The fraction of sp³-hybridized carbons (Fsp3) is 0. The quantitative estimate of drug-likeness (QED) is 0.148. The second-order valence-electron chi connectivity index (χ2n) is 7.00. The van der Waals surface area contributed by atoms with E-state index in [2.05, 4.69) is 78.7 Å². The summed E-state index contributed by atoms with van der Waals surface area (Å²) in [6, 6.07) is 36.9. The molecule has 182 valence electrons. The zero-order chi connectivity index (χ0) is 25.8. The smallest absolute Gasteiger partial charge is 0.140 e. The highest BCUT2D eigenvalue weighted by atomic mass is 79.9. The van der Waals surface area contributed by atoms with Gasteiger partial charge in [0.25, 0.3) is 0 Å². The van der Waals surface area contributed by atoms with Gasteiger partial charge in [-0.25, -0.2) is 15.0 Å². The number of para-hydroxylation sites is 2. The van der Waals surface area contributed by atoms with E-state index in [1.807, 2.05) is 120 Å². The molecule has 36 heavy (non-hydrogen) atoms. The number of benzene rings is 2. The molecule has 5 rings (SSSR count). The summed E-state index contributed by atoms with van der Waals surface area (Å²) in [5.74, 6) is 1.61. The van der Waals surface area contributed by atoms with Crippen LogP contribution in [0.5, 0.6) is 0 Å². The lowest BCUT2D eigenvalue weighted by molar-refractivity contribution is 1.10. The zero-order valence-corrected chi connectivity index (χ0v) is 25.2. The Morgan fingerprint density at radius 3 is 1.17 bits per heavy atom. The molecule has 2 N–H and O–H groups in total. The summed E-state index contributed by atoms with van der Waals surface area (Å²) in [7, 11) is 0. The molecule has 0 fully saturated rings. The first-order valence-electron chi connectivity index (χ1n) is 10.6. The summed E-state index contributed by atoms with van der Waals surface area (Å²) in [6.45, 7) is 0. The van der Waals surface area contributed by atoms with E-state index in [1.165, 1.54) is 0 Å². The van der Waals surface area contributed by atoms with Gasteiger partial charge in [-0.15, -0.1) is 0 Å². The van der Waals surface area contributed by atoms with E-state index in [1.54, 1.807) is 0 Å². The van der Waals surface area contributed by atoms with Gasteiger partial charge in [-0.1, -0.05) is 54.6 Å². The molecule has 5 nitrogen and oxygen atoms in total. The number of anilines is 4. The Hall–Kier alpha value is -2.59. The van der Waals surface area contributed by atoms with Gasteiger partial charge in [-0.3, -0.25) is 4.90 Å². The molecule has 0 saturated heterocycles. The van der Waals surface area contributed by atoms with E-state index in [-0.39, 0.29) is 0 Å². The van der Waals surface area contributed by atoms with Crippen LogP contribution >= 0.6 is 63.7 Å². The molecule has 3 heterocycles. The minimum Gasteiger partial charge on any atom is -0.399 e. The number of rotatable bonds is 3. The lowest BCUT2D eigenvalue weighted by Gasteiger charge is -2.23. The Balaban J connectivity index is 0.000000196. The average Bonchev–Trinajstić information content (AvgIpc) is 2.86. The molecular formula is C27H21Br4N5. The van der Waals surface area contributed by atoms with Gasteiger partial charge in [-0.05, 0) is 124 Å². The first kappa shape index (κ1) is 28.0. The van der Waals surface area contributed by atoms with Crippen molar-refractivity contribution in [2.24, 2.45) is 0 Å². The highest BCUT2D eigenvalue weighted by Gasteiger charge is 2.14. The molecule has 0 saturated carbocycles. The van der Waals surface area contributed by atoms with Crippen molar-refractivity contribution in [2.75, 3.05) is 10.6 Å². The van der Waals surface area contributed by atoms with Crippen LogP contribution in [0.4, 0.5) is 23.0 Å². The van der Waals surface area contributed by atoms with Gasteiger partial charge in [0.15, 0.2) is 0 Å². The lowest BCUT2D eigenvalue weighted by atomic mass is 10.2. The average molecular weight is 735 g/mol. The maximum Gasteiger partial charge on any atom is 0.140 e. The van der Waals surface area contributed by atoms with Crippen LogP contribution in [-0.4, -0.2) is 15.0 Å². The monoisotopic (exact) mass is 731 g/mol. The molecular weight excluding hydrogens is 714 g/mol. The Kier molecular flexibility index (Phi) is 11.5. The molecule has 5 aromatic rings. The Morgan fingerprint density at radius 2 is 0.833 bits per heavy atom. The molecule has 9 heteroatoms. The van der Waals surface area contributed by atoms with Crippen LogP contribution in [0.25, 0.3) is 0 Å². The van der Waals surface area contributed by atoms with Crippen LogP contribution in [-0.2, 0) is 0 Å². The molecule has 0 atom stereocenters. The van der Waals surface area contributed by atoms with E-state index < -0.39 is 0 Å². The van der Waals surface area contributed by atoms with Crippen molar-refractivity contribution >= 4 is 86.7 Å². The third-order valence-corrected chi connectivity index (χ3v) is 6.12. The van der Waals surface area contributed by atoms with E-state index in [9.17, 15) is 0 Å². The van der Waals surface area contributed by atoms with Gasteiger partial charge in [0, 0.05) is 11.4 Å². The summed E-state index contributed by atoms with van der Waals surface area (Å²) in [4.78, 5) is 15.1. The Morgan fingerprint density at radius 1 is 0.444 bits per heavy atom. The second kappa shape index (κ2) is 14.8. The first-order valence-corrected chi connectivity index (χ1v) is 13.8. The summed E-state index contributed by atoms with van der Waals surface area (Å²) in [6.07, 6.45) is 0. The predicted octanol–water partition coefficient (Wildman–Crippen LogP) is 9.35. The molecule has 0 unspecified atom stereocenters. The van der Waals surface area contributed by atoms with Crippen molar-refractivity contribution in [1.29, 1.82) is 0 Å². The van der Waals surface area contributed by atoms with Crippen LogP contribution < -0.4 is 10.6 Å². The Bertz CT molecular complexity index is 1290. The molecule has 0 bridgehead atoms. The van der Waals surface area contributed by atoms with E-state index in [0.717, 1.165) is 41.4 Å². The number of hydrogen-bond donors (Lipinski definition) is 1. The number of aromatic nitrogens is 3. The van der Waals surface area contributed by atoms with Gasteiger partial charge in [0.05, 0.1) is 0 Å². The first-order chi connectivity index (χ1) is 17.4. The molecule has 0 aliphatic rings. The number of nitrogens with zero attached hydrogens (tertiary/aromatic N) is 4. The van der Waals surface area contributed by atoms with E-state index in [4.69, 9.17) is 5.73 Å². The molecule has 0 amide bonds. The lowest BCUT2D eigenvalue weighted by Crippen LogP contribution is -2.13. The maximum atomic E-state index is 5.36. The molecule has 0 aliphatic carbocycles. The standard InChI is InChI=1S/C16H11Br2N3.C6H7N.C5H3Br2N/c17-13-8-4-10-15(19-13)21(12-6-2-1-3-7-12)16-11-5-9-14(18)20-16;7-6-4-2-1-3-5-6;6-4-2-1-3-5(7)8-4/h1-11H;1-5H,7H2;1-3H. The number of hydrogen-bond acceptors (Lipinski definition) is 5. The zero-order valence-electron chi connectivity index (χ0n) is 18.8. The SMILES string of the molecule is Brc1cccc(Br)n1.Brc1cccc(N(c2ccccc2)c2cccc(Br)n2)n1.Nc1ccccc1. The predicted molar refractivity (Wildman–Crippen MR) is 163 cm³/mol. The number of pyridine rings is 3. The van der Waals surface area contributed by atoms with Gasteiger partial charge >= 0.3 is 0 Å². The van der Waals surface area contributed by atoms with Crippen molar-refractivity contribution < 1.29 is 0 Å². The van der Waals surface area contributed by atoms with E-state index >= 15 is 0 Å². The summed E-state index contributed by atoms with van der Waals surface area (Å²) in [5, 5.41) is 0. The third-order valence-electron chi connectivity index (χ3n) is 4.35. The fourth-order valence-electron chi connectivity index (χ4n) is 2.84. The van der Waals surface area contributed by atoms with Crippen molar-refractivity contribution in [3.63, 3.8) is 0 Å². The largest absolute Gasteiger partial charge is 0.399 e. The highest BCUT2D eigenvalue weighted by molar-refractivity contribution is 9.11. The van der Waals surface area contributed by atoms with Crippen LogP contribution in [0.2, 0.25) is 0 Å². The van der Waals surface area contributed by atoms with Gasteiger partial charge < -0.3 is 5.73 Å². The minimum absolute atomic E-state index is 0.788. The maximum absolute atomic E-state index is 5.36. The number of nitrogens with two attached hydrogens (primary N) is 1.